The maximum absolute atomic E-state index is 11.9. The minimum absolute atomic E-state index is 0.170. The van der Waals surface area contributed by atoms with E-state index in [4.69, 9.17) is 10.8 Å². The van der Waals surface area contributed by atoms with Crippen LogP contribution >= 0.6 is 0 Å². The molecule has 5 nitrogen and oxygen atoms in total. The molecule has 0 saturated carbocycles. The average molecular weight is 248 g/mol. The van der Waals surface area contributed by atoms with Gasteiger partial charge in [-0.15, -0.1) is 0 Å². The van der Waals surface area contributed by atoms with Gasteiger partial charge in [-0.25, -0.2) is 0 Å². The molecular weight excluding hydrogens is 232 g/mol. The van der Waals surface area contributed by atoms with Crippen molar-refractivity contribution in [1.29, 1.82) is 0 Å². The van der Waals surface area contributed by atoms with Crippen LogP contribution in [0.15, 0.2) is 30.3 Å². The van der Waals surface area contributed by atoms with Crippen molar-refractivity contribution >= 4 is 11.9 Å². The van der Waals surface area contributed by atoms with Crippen LogP contribution in [0.25, 0.3) is 0 Å². The van der Waals surface area contributed by atoms with E-state index < -0.39 is 17.9 Å². The standard InChI is InChI=1S/C13H16N2O3/c14-11(6-9-4-2-1-3-5-9)12(16)15-7-10(8-15)13(17)18/h1-5,10-11H,6-8,14H2,(H,17,18)/t11-/m1/s1. The fourth-order valence-corrected chi connectivity index (χ4v) is 2.00. The Balaban J connectivity index is 1.85. The van der Waals surface area contributed by atoms with Crippen molar-refractivity contribution in [3.05, 3.63) is 35.9 Å². The van der Waals surface area contributed by atoms with Gasteiger partial charge in [-0.05, 0) is 12.0 Å². The van der Waals surface area contributed by atoms with Gasteiger partial charge in [-0.3, -0.25) is 9.59 Å². The second-order valence-electron chi connectivity index (χ2n) is 4.57. The van der Waals surface area contributed by atoms with Crippen molar-refractivity contribution in [1.82, 2.24) is 4.90 Å². The van der Waals surface area contributed by atoms with E-state index in [1.807, 2.05) is 30.3 Å². The average Bonchev–Trinajstić information content (AvgIpc) is 2.27. The number of aliphatic carboxylic acids is 1. The summed E-state index contributed by atoms with van der Waals surface area (Å²) < 4.78 is 0. The zero-order valence-electron chi connectivity index (χ0n) is 9.95. The van der Waals surface area contributed by atoms with Crippen LogP contribution in [0.5, 0.6) is 0 Å². The number of amides is 1. The van der Waals surface area contributed by atoms with Gasteiger partial charge >= 0.3 is 5.97 Å². The highest BCUT2D eigenvalue weighted by Gasteiger charge is 2.37. The summed E-state index contributed by atoms with van der Waals surface area (Å²) in [6, 6.07) is 8.95. The molecule has 3 N–H and O–H groups in total. The Morgan fingerprint density at radius 1 is 1.33 bits per heavy atom. The lowest BCUT2D eigenvalue weighted by Crippen LogP contribution is -2.57. The lowest BCUT2D eigenvalue weighted by atomic mass is 9.98. The molecule has 18 heavy (non-hydrogen) atoms. The molecule has 1 aromatic rings. The van der Waals surface area contributed by atoms with E-state index in [-0.39, 0.29) is 19.0 Å². The number of hydrogen-bond donors (Lipinski definition) is 2. The van der Waals surface area contributed by atoms with Gasteiger partial charge in [0.2, 0.25) is 5.91 Å². The molecule has 0 aromatic heterocycles. The van der Waals surface area contributed by atoms with Crippen LogP contribution in [0, 0.1) is 5.92 Å². The number of hydrogen-bond acceptors (Lipinski definition) is 3. The minimum Gasteiger partial charge on any atom is -0.481 e. The number of carbonyl (C=O) groups excluding carboxylic acids is 1. The normalized spacial score (nSPS) is 17.1. The maximum atomic E-state index is 11.9. The third kappa shape index (κ3) is 2.68. The summed E-state index contributed by atoms with van der Waals surface area (Å²) in [6.45, 7) is 0.549. The van der Waals surface area contributed by atoms with Crippen LogP contribution in [0.1, 0.15) is 5.56 Å². The van der Waals surface area contributed by atoms with E-state index in [2.05, 4.69) is 0 Å². The molecule has 0 spiro atoms. The third-order valence-corrected chi connectivity index (χ3v) is 3.16. The SMILES string of the molecule is N[C@H](Cc1ccccc1)C(=O)N1CC(C(=O)O)C1. The van der Waals surface area contributed by atoms with E-state index in [1.54, 1.807) is 0 Å². The molecule has 1 fully saturated rings. The zero-order chi connectivity index (χ0) is 13.1. The van der Waals surface area contributed by atoms with Gasteiger partial charge in [0.1, 0.15) is 0 Å². The fourth-order valence-electron chi connectivity index (χ4n) is 2.00. The van der Waals surface area contributed by atoms with E-state index in [0.29, 0.717) is 6.42 Å². The Morgan fingerprint density at radius 3 is 2.50 bits per heavy atom. The summed E-state index contributed by atoms with van der Waals surface area (Å²) in [7, 11) is 0. The second kappa shape index (κ2) is 5.18. The van der Waals surface area contributed by atoms with Gasteiger partial charge in [0.15, 0.2) is 0 Å². The zero-order valence-corrected chi connectivity index (χ0v) is 9.95. The molecule has 1 aromatic carbocycles. The first-order valence-electron chi connectivity index (χ1n) is 5.89. The van der Waals surface area contributed by atoms with Crippen LogP contribution in [-0.4, -0.2) is 41.0 Å². The first kappa shape index (κ1) is 12.6. The highest BCUT2D eigenvalue weighted by atomic mass is 16.4. The first-order chi connectivity index (χ1) is 8.58. The molecule has 1 aliphatic heterocycles. The lowest BCUT2D eigenvalue weighted by molar-refractivity contribution is -0.153. The molecule has 2 rings (SSSR count). The molecule has 0 aliphatic carbocycles. The number of rotatable bonds is 4. The number of likely N-dealkylation sites (tertiary alicyclic amines) is 1. The summed E-state index contributed by atoms with van der Waals surface area (Å²) >= 11 is 0. The molecule has 1 saturated heterocycles. The molecular formula is C13H16N2O3. The number of carbonyl (C=O) groups is 2. The number of nitrogens with zero attached hydrogens (tertiary/aromatic N) is 1. The molecule has 0 unspecified atom stereocenters. The predicted molar refractivity (Wildman–Crippen MR) is 65.8 cm³/mol. The molecule has 96 valence electrons. The maximum Gasteiger partial charge on any atom is 0.310 e. The molecule has 1 amide bonds. The van der Waals surface area contributed by atoms with E-state index in [9.17, 15) is 9.59 Å². The molecule has 0 bridgehead atoms. The van der Waals surface area contributed by atoms with E-state index >= 15 is 0 Å². The summed E-state index contributed by atoms with van der Waals surface area (Å²) in [5.74, 6) is -1.45. The van der Waals surface area contributed by atoms with E-state index in [0.717, 1.165) is 5.56 Å². The Hall–Kier alpha value is -1.88. The van der Waals surface area contributed by atoms with Gasteiger partial charge in [0.25, 0.3) is 0 Å². The predicted octanol–water partition coefficient (Wildman–Crippen LogP) is 0.0994. The third-order valence-electron chi connectivity index (χ3n) is 3.16. The first-order valence-corrected chi connectivity index (χ1v) is 5.89. The summed E-state index contributed by atoms with van der Waals surface area (Å²) in [5, 5.41) is 8.74. The second-order valence-corrected chi connectivity index (χ2v) is 4.57. The molecule has 1 atom stereocenters. The van der Waals surface area contributed by atoms with Crippen molar-refractivity contribution in [3.8, 4) is 0 Å². The summed E-state index contributed by atoms with van der Waals surface area (Å²) in [5.41, 5.74) is 6.85. The van der Waals surface area contributed by atoms with Crippen LogP contribution < -0.4 is 5.73 Å². The Bertz CT molecular complexity index is 441. The monoisotopic (exact) mass is 248 g/mol. The van der Waals surface area contributed by atoms with Crippen molar-refractivity contribution in [2.75, 3.05) is 13.1 Å². The van der Waals surface area contributed by atoms with Crippen LogP contribution in [-0.2, 0) is 16.0 Å². The van der Waals surface area contributed by atoms with Gasteiger partial charge in [-0.1, -0.05) is 30.3 Å². The van der Waals surface area contributed by atoms with Crippen molar-refractivity contribution in [2.24, 2.45) is 11.7 Å². The van der Waals surface area contributed by atoms with Crippen LogP contribution in [0.4, 0.5) is 0 Å². The van der Waals surface area contributed by atoms with Gasteiger partial charge in [0.05, 0.1) is 12.0 Å². The van der Waals surface area contributed by atoms with Gasteiger partial charge in [-0.2, -0.15) is 0 Å². The highest BCUT2D eigenvalue weighted by Crippen LogP contribution is 2.17. The Labute approximate surface area is 105 Å². The molecule has 5 heteroatoms. The van der Waals surface area contributed by atoms with E-state index in [1.165, 1.54) is 4.90 Å². The van der Waals surface area contributed by atoms with Crippen LogP contribution in [0.2, 0.25) is 0 Å². The molecule has 0 radical (unpaired) electrons. The van der Waals surface area contributed by atoms with Crippen molar-refractivity contribution in [2.45, 2.75) is 12.5 Å². The molecule has 1 aliphatic rings. The topological polar surface area (TPSA) is 83.6 Å². The van der Waals surface area contributed by atoms with Crippen molar-refractivity contribution < 1.29 is 14.7 Å². The largest absolute Gasteiger partial charge is 0.481 e. The quantitative estimate of drug-likeness (QED) is 0.791. The number of carboxylic acids is 1. The highest BCUT2D eigenvalue weighted by molar-refractivity contribution is 5.85. The summed E-state index contributed by atoms with van der Waals surface area (Å²) in [6.07, 6.45) is 0.480. The van der Waals surface area contributed by atoms with Crippen LogP contribution in [0.3, 0.4) is 0 Å². The summed E-state index contributed by atoms with van der Waals surface area (Å²) in [4.78, 5) is 24.1. The number of nitrogens with two attached hydrogens (primary N) is 1. The Morgan fingerprint density at radius 2 is 1.94 bits per heavy atom. The minimum atomic E-state index is -0.851. The lowest BCUT2D eigenvalue weighted by Gasteiger charge is -2.38. The fraction of sp³-hybridized carbons (Fsp3) is 0.385. The van der Waals surface area contributed by atoms with Gasteiger partial charge in [0, 0.05) is 13.1 Å². The number of benzene rings is 1. The Kier molecular flexibility index (Phi) is 3.62. The van der Waals surface area contributed by atoms with Crippen molar-refractivity contribution in [3.63, 3.8) is 0 Å². The number of carboxylic acid groups (broad SMARTS) is 1. The molecule has 1 heterocycles. The smallest absolute Gasteiger partial charge is 0.310 e. The van der Waals surface area contributed by atoms with Gasteiger partial charge < -0.3 is 15.7 Å².